The molecule has 3 aromatic rings. The highest BCUT2D eigenvalue weighted by Crippen LogP contribution is 2.32. The average molecular weight is 324 g/mol. The molecule has 0 spiro atoms. The van der Waals surface area contributed by atoms with E-state index in [4.69, 9.17) is 9.47 Å². The SMILES string of the molecule is COc1ccccc1C1CN(c2nccn3nc(C)cc23)CCO1. The van der Waals surface area contributed by atoms with Crippen molar-refractivity contribution in [3.8, 4) is 5.75 Å². The van der Waals surface area contributed by atoms with Crippen molar-refractivity contribution in [2.75, 3.05) is 31.7 Å². The number of para-hydroxylation sites is 1. The minimum Gasteiger partial charge on any atom is -0.496 e. The van der Waals surface area contributed by atoms with Crippen molar-refractivity contribution in [3.63, 3.8) is 0 Å². The lowest BCUT2D eigenvalue weighted by molar-refractivity contribution is 0.0381. The van der Waals surface area contributed by atoms with Crippen molar-refractivity contribution in [2.24, 2.45) is 0 Å². The molecule has 1 atom stereocenters. The van der Waals surface area contributed by atoms with Gasteiger partial charge in [-0.3, -0.25) is 0 Å². The number of ether oxygens (including phenoxy) is 2. The normalized spacial score (nSPS) is 18.1. The van der Waals surface area contributed by atoms with Crippen LogP contribution in [0.2, 0.25) is 0 Å². The summed E-state index contributed by atoms with van der Waals surface area (Å²) in [6, 6.07) is 10.1. The molecule has 6 heteroatoms. The molecule has 1 unspecified atom stereocenters. The molecule has 0 aliphatic carbocycles. The number of anilines is 1. The summed E-state index contributed by atoms with van der Waals surface area (Å²) in [7, 11) is 1.69. The molecule has 4 rings (SSSR count). The molecule has 0 bridgehead atoms. The number of aryl methyl sites for hydroxylation is 1. The monoisotopic (exact) mass is 324 g/mol. The molecule has 1 aliphatic heterocycles. The molecule has 1 saturated heterocycles. The molecular weight excluding hydrogens is 304 g/mol. The van der Waals surface area contributed by atoms with E-state index >= 15 is 0 Å². The zero-order valence-corrected chi connectivity index (χ0v) is 13.8. The van der Waals surface area contributed by atoms with Crippen LogP contribution in [0, 0.1) is 6.92 Å². The number of rotatable bonds is 3. The van der Waals surface area contributed by atoms with Crippen molar-refractivity contribution < 1.29 is 9.47 Å². The van der Waals surface area contributed by atoms with Gasteiger partial charge in [0.05, 0.1) is 26.0 Å². The molecule has 0 saturated carbocycles. The van der Waals surface area contributed by atoms with E-state index in [9.17, 15) is 0 Å². The van der Waals surface area contributed by atoms with E-state index in [-0.39, 0.29) is 6.10 Å². The van der Waals surface area contributed by atoms with Crippen LogP contribution in [-0.4, -0.2) is 41.4 Å². The molecule has 6 nitrogen and oxygen atoms in total. The van der Waals surface area contributed by atoms with Crippen molar-refractivity contribution in [2.45, 2.75) is 13.0 Å². The standard InChI is InChI=1S/C18H20N4O2/c1-13-11-15-18(19-7-8-22(15)20-13)21-9-10-24-17(12-21)14-5-3-4-6-16(14)23-2/h3-8,11,17H,9-10,12H2,1-2H3. The van der Waals surface area contributed by atoms with Crippen LogP contribution in [0.4, 0.5) is 5.82 Å². The number of morpholine rings is 1. The molecule has 1 fully saturated rings. The fourth-order valence-corrected chi connectivity index (χ4v) is 3.24. The number of fused-ring (bicyclic) bond motifs is 1. The van der Waals surface area contributed by atoms with Crippen molar-refractivity contribution in [1.82, 2.24) is 14.6 Å². The van der Waals surface area contributed by atoms with Crippen LogP contribution in [0.1, 0.15) is 17.4 Å². The molecular formula is C18H20N4O2. The summed E-state index contributed by atoms with van der Waals surface area (Å²) in [4.78, 5) is 6.85. The molecule has 24 heavy (non-hydrogen) atoms. The third-order valence-electron chi connectivity index (χ3n) is 4.34. The summed E-state index contributed by atoms with van der Waals surface area (Å²) in [6.45, 7) is 4.19. The lowest BCUT2D eigenvalue weighted by atomic mass is 10.1. The average Bonchev–Trinajstić information content (AvgIpc) is 3.02. The molecule has 2 aromatic heterocycles. The Labute approximate surface area is 140 Å². The van der Waals surface area contributed by atoms with Gasteiger partial charge in [-0.25, -0.2) is 9.50 Å². The predicted molar refractivity (Wildman–Crippen MR) is 91.6 cm³/mol. The highest BCUT2D eigenvalue weighted by atomic mass is 16.5. The molecule has 0 amide bonds. The Kier molecular flexibility index (Phi) is 3.82. The van der Waals surface area contributed by atoms with E-state index < -0.39 is 0 Å². The van der Waals surface area contributed by atoms with Gasteiger partial charge in [-0.05, 0) is 19.1 Å². The summed E-state index contributed by atoms with van der Waals surface area (Å²) in [5.74, 6) is 1.80. The second kappa shape index (κ2) is 6.13. The van der Waals surface area contributed by atoms with Crippen LogP contribution >= 0.6 is 0 Å². The number of benzene rings is 1. The van der Waals surface area contributed by atoms with Gasteiger partial charge in [-0.1, -0.05) is 18.2 Å². The lowest BCUT2D eigenvalue weighted by Crippen LogP contribution is -2.39. The lowest BCUT2D eigenvalue weighted by Gasteiger charge is -2.34. The summed E-state index contributed by atoms with van der Waals surface area (Å²) >= 11 is 0. The quantitative estimate of drug-likeness (QED) is 0.741. The van der Waals surface area contributed by atoms with Gasteiger partial charge in [0, 0.05) is 24.5 Å². The molecule has 0 radical (unpaired) electrons. The maximum absolute atomic E-state index is 6.00. The number of hydrogen-bond donors (Lipinski definition) is 0. The molecule has 0 N–H and O–H groups in total. The van der Waals surface area contributed by atoms with Crippen molar-refractivity contribution in [3.05, 3.63) is 54.0 Å². The summed E-state index contributed by atoms with van der Waals surface area (Å²) in [5, 5.41) is 4.47. The zero-order chi connectivity index (χ0) is 16.5. The Balaban J connectivity index is 1.67. The first-order chi connectivity index (χ1) is 11.8. The smallest absolute Gasteiger partial charge is 0.154 e. The van der Waals surface area contributed by atoms with E-state index in [1.165, 1.54) is 0 Å². The van der Waals surface area contributed by atoms with Crippen LogP contribution in [0.15, 0.2) is 42.7 Å². The first-order valence-electron chi connectivity index (χ1n) is 8.06. The van der Waals surface area contributed by atoms with Gasteiger partial charge in [0.2, 0.25) is 0 Å². The Bertz CT molecular complexity index is 861. The Hall–Kier alpha value is -2.60. The van der Waals surface area contributed by atoms with Crippen molar-refractivity contribution >= 4 is 11.3 Å². The Morgan fingerprint density at radius 3 is 3.04 bits per heavy atom. The second-order valence-electron chi connectivity index (χ2n) is 5.91. The van der Waals surface area contributed by atoms with E-state index in [0.29, 0.717) is 6.61 Å². The largest absolute Gasteiger partial charge is 0.496 e. The molecule has 3 heterocycles. The summed E-state index contributed by atoms with van der Waals surface area (Å²) < 4.78 is 13.4. The number of aromatic nitrogens is 3. The zero-order valence-electron chi connectivity index (χ0n) is 13.8. The highest BCUT2D eigenvalue weighted by molar-refractivity contribution is 5.69. The van der Waals surface area contributed by atoms with Gasteiger partial charge in [-0.15, -0.1) is 0 Å². The number of methoxy groups -OCH3 is 1. The highest BCUT2D eigenvalue weighted by Gasteiger charge is 2.26. The maximum atomic E-state index is 6.00. The first kappa shape index (κ1) is 15.0. The molecule has 1 aliphatic rings. The first-order valence-corrected chi connectivity index (χ1v) is 8.06. The van der Waals surface area contributed by atoms with Crippen LogP contribution in [0.25, 0.3) is 5.52 Å². The van der Waals surface area contributed by atoms with Crippen LogP contribution in [-0.2, 0) is 4.74 Å². The Morgan fingerprint density at radius 2 is 2.17 bits per heavy atom. The van der Waals surface area contributed by atoms with Gasteiger partial charge in [-0.2, -0.15) is 5.10 Å². The van der Waals surface area contributed by atoms with E-state index in [0.717, 1.165) is 41.4 Å². The van der Waals surface area contributed by atoms with Crippen molar-refractivity contribution in [1.29, 1.82) is 0 Å². The maximum Gasteiger partial charge on any atom is 0.154 e. The fraction of sp³-hybridized carbons (Fsp3) is 0.333. The number of nitrogens with zero attached hydrogens (tertiary/aromatic N) is 4. The van der Waals surface area contributed by atoms with Gasteiger partial charge in [0.15, 0.2) is 5.82 Å². The second-order valence-corrected chi connectivity index (χ2v) is 5.91. The van der Waals surface area contributed by atoms with Gasteiger partial charge in [0.25, 0.3) is 0 Å². The third-order valence-corrected chi connectivity index (χ3v) is 4.34. The summed E-state index contributed by atoms with van der Waals surface area (Å²) in [6.07, 6.45) is 3.63. The van der Waals surface area contributed by atoms with Gasteiger partial charge >= 0.3 is 0 Å². The molecule has 1 aromatic carbocycles. The molecule has 124 valence electrons. The van der Waals surface area contributed by atoms with E-state index in [1.807, 2.05) is 35.8 Å². The number of hydrogen-bond acceptors (Lipinski definition) is 5. The fourth-order valence-electron chi connectivity index (χ4n) is 3.24. The van der Waals surface area contributed by atoms with Crippen LogP contribution in [0.5, 0.6) is 5.75 Å². The Morgan fingerprint density at radius 1 is 1.29 bits per heavy atom. The van der Waals surface area contributed by atoms with E-state index in [1.54, 1.807) is 13.3 Å². The minimum atomic E-state index is -0.0408. The van der Waals surface area contributed by atoms with Gasteiger partial charge in [0.1, 0.15) is 17.4 Å². The third kappa shape index (κ3) is 2.59. The van der Waals surface area contributed by atoms with E-state index in [2.05, 4.69) is 27.1 Å². The topological polar surface area (TPSA) is 51.9 Å². The van der Waals surface area contributed by atoms with Crippen LogP contribution in [0.3, 0.4) is 0 Å². The van der Waals surface area contributed by atoms with Crippen LogP contribution < -0.4 is 9.64 Å². The summed E-state index contributed by atoms with van der Waals surface area (Å²) in [5.41, 5.74) is 3.08. The minimum absolute atomic E-state index is 0.0408. The van der Waals surface area contributed by atoms with Gasteiger partial charge < -0.3 is 14.4 Å². The predicted octanol–water partition coefficient (Wildman–Crippen LogP) is 2.62.